The van der Waals surface area contributed by atoms with Gasteiger partial charge in [0.15, 0.2) is 5.76 Å². The van der Waals surface area contributed by atoms with E-state index in [1.807, 2.05) is 0 Å². The van der Waals surface area contributed by atoms with Gasteiger partial charge in [0.05, 0.1) is 4.90 Å². The molecule has 0 radical (unpaired) electrons. The van der Waals surface area contributed by atoms with Crippen molar-refractivity contribution in [2.24, 2.45) is 0 Å². The zero-order valence-corrected chi connectivity index (χ0v) is 17.1. The van der Waals surface area contributed by atoms with Gasteiger partial charge < -0.3 is 5.11 Å². The lowest BCUT2D eigenvalue weighted by Gasteiger charge is -2.27. The van der Waals surface area contributed by atoms with E-state index in [0.29, 0.717) is 0 Å². The van der Waals surface area contributed by atoms with Crippen molar-refractivity contribution in [2.75, 3.05) is 4.90 Å². The molecule has 0 fully saturated rings. The van der Waals surface area contributed by atoms with E-state index in [-0.39, 0.29) is 16.1 Å². The van der Waals surface area contributed by atoms with Crippen molar-refractivity contribution in [1.82, 2.24) is 0 Å². The molecule has 1 heterocycles. The summed E-state index contributed by atoms with van der Waals surface area (Å²) in [6, 6.07) is 14.5. The number of aliphatic hydroxyl groups excluding tert-OH is 1. The predicted octanol–water partition coefficient (Wildman–Crippen LogP) is 4.60. The standard InChI is InChI=1S/C23H17F2NO4S/c1-14-2-12-19(13-3-14)31(29,30)22-20(15-4-6-16(24)7-5-15)26(23(28)21(22)27)18-10-8-17(25)9-11-18/h2-13,20,27H,1H3/t20-/m1/s1. The molecule has 1 aliphatic rings. The highest BCUT2D eigenvalue weighted by molar-refractivity contribution is 7.95. The van der Waals surface area contributed by atoms with E-state index in [1.165, 1.54) is 36.4 Å². The average molecular weight is 441 g/mol. The van der Waals surface area contributed by atoms with Crippen LogP contribution in [0.2, 0.25) is 0 Å². The number of sulfone groups is 1. The van der Waals surface area contributed by atoms with Crippen LogP contribution in [0, 0.1) is 18.6 Å². The van der Waals surface area contributed by atoms with Gasteiger partial charge in [-0.25, -0.2) is 17.2 Å². The largest absolute Gasteiger partial charge is 0.502 e. The van der Waals surface area contributed by atoms with E-state index in [1.54, 1.807) is 19.1 Å². The molecule has 0 saturated heterocycles. The molecule has 0 bridgehead atoms. The van der Waals surface area contributed by atoms with Gasteiger partial charge in [-0.05, 0) is 61.0 Å². The Morgan fingerprint density at radius 1 is 0.839 bits per heavy atom. The first-order valence-corrected chi connectivity index (χ1v) is 10.8. The number of carbonyl (C=O) groups is 1. The zero-order chi connectivity index (χ0) is 22.3. The van der Waals surface area contributed by atoms with Crippen molar-refractivity contribution in [2.45, 2.75) is 17.9 Å². The Bertz CT molecular complexity index is 1280. The van der Waals surface area contributed by atoms with Gasteiger partial charge in [-0.15, -0.1) is 0 Å². The summed E-state index contributed by atoms with van der Waals surface area (Å²) in [7, 11) is -4.29. The van der Waals surface area contributed by atoms with Crippen LogP contribution in [0.3, 0.4) is 0 Å². The highest BCUT2D eigenvalue weighted by Crippen LogP contribution is 2.44. The molecule has 3 aromatic rings. The van der Waals surface area contributed by atoms with Crippen LogP contribution in [0.5, 0.6) is 0 Å². The second-order valence-corrected chi connectivity index (χ2v) is 9.05. The number of amides is 1. The molecule has 0 aliphatic carbocycles. The number of halogens is 2. The number of rotatable bonds is 4. The fraction of sp³-hybridized carbons (Fsp3) is 0.0870. The Hall–Kier alpha value is -3.52. The normalized spacial score (nSPS) is 16.8. The van der Waals surface area contributed by atoms with Crippen LogP contribution < -0.4 is 4.90 Å². The van der Waals surface area contributed by atoms with Crippen molar-refractivity contribution < 1.29 is 27.1 Å². The van der Waals surface area contributed by atoms with Gasteiger partial charge in [0.2, 0.25) is 9.84 Å². The van der Waals surface area contributed by atoms with E-state index in [9.17, 15) is 27.1 Å². The van der Waals surface area contributed by atoms with Gasteiger partial charge in [0.1, 0.15) is 22.6 Å². The van der Waals surface area contributed by atoms with Crippen molar-refractivity contribution in [3.8, 4) is 0 Å². The molecule has 8 heteroatoms. The number of aliphatic hydroxyl groups is 1. The van der Waals surface area contributed by atoms with E-state index >= 15 is 0 Å². The Morgan fingerprint density at radius 3 is 1.90 bits per heavy atom. The van der Waals surface area contributed by atoms with Crippen LogP contribution in [0.25, 0.3) is 0 Å². The third-order valence-corrected chi connectivity index (χ3v) is 6.96. The minimum atomic E-state index is -4.29. The van der Waals surface area contributed by atoms with Crippen LogP contribution in [-0.4, -0.2) is 19.4 Å². The maximum Gasteiger partial charge on any atom is 0.295 e. The van der Waals surface area contributed by atoms with E-state index in [4.69, 9.17) is 0 Å². The topological polar surface area (TPSA) is 74.7 Å². The van der Waals surface area contributed by atoms with Crippen molar-refractivity contribution in [3.05, 3.63) is 106 Å². The molecular weight excluding hydrogens is 424 g/mol. The molecule has 1 atom stereocenters. The van der Waals surface area contributed by atoms with Gasteiger partial charge >= 0.3 is 0 Å². The molecule has 0 aromatic heterocycles. The molecule has 1 amide bonds. The summed E-state index contributed by atoms with van der Waals surface area (Å²) in [6.07, 6.45) is 0. The quantitative estimate of drug-likeness (QED) is 0.642. The fourth-order valence-electron chi connectivity index (χ4n) is 3.52. The average Bonchev–Trinajstić information content (AvgIpc) is 3.01. The lowest BCUT2D eigenvalue weighted by Crippen LogP contribution is -2.31. The van der Waals surface area contributed by atoms with E-state index in [0.717, 1.165) is 34.7 Å². The lowest BCUT2D eigenvalue weighted by atomic mass is 10.1. The number of carbonyl (C=O) groups excluding carboxylic acids is 1. The maximum absolute atomic E-state index is 13.5. The first-order chi connectivity index (χ1) is 14.7. The molecule has 0 spiro atoms. The third kappa shape index (κ3) is 3.59. The zero-order valence-electron chi connectivity index (χ0n) is 16.3. The summed E-state index contributed by atoms with van der Waals surface area (Å²) in [6.45, 7) is 1.80. The highest BCUT2D eigenvalue weighted by atomic mass is 32.2. The number of aryl methyl sites for hydroxylation is 1. The number of hydrogen-bond acceptors (Lipinski definition) is 4. The molecule has 3 aromatic carbocycles. The molecule has 1 N–H and O–H groups in total. The summed E-state index contributed by atoms with van der Waals surface area (Å²) in [5.41, 5.74) is 1.29. The minimum absolute atomic E-state index is 0.0967. The minimum Gasteiger partial charge on any atom is -0.502 e. The maximum atomic E-state index is 13.5. The van der Waals surface area contributed by atoms with Crippen LogP contribution in [0.4, 0.5) is 14.5 Å². The predicted molar refractivity (Wildman–Crippen MR) is 111 cm³/mol. The van der Waals surface area contributed by atoms with Gasteiger partial charge in [0, 0.05) is 5.69 Å². The number of hydrogen-bond donors (Lipinski definition) is 1. The SMILES string of the molecule is Cc1ccc(S(=O)(=O)C2=C(O)C(=O)N(c3ccc(F)cc3)[C@@H]2c2ccc(F)cc2)cc1. The highest BCUT2D eigenvalue weighted by Gasteiger charge is 2.47. The summed E-state index contributed by atoms with van der Waals surface area (Å²) >= 11 is 0. The molecule has 0 unspecified atom stereocenters. The smallest absolute Gasteiger partial charge is 0.295 e. The van der Waals surface area contributed by atoms with Gasteiger partial charge in [-0.1, -0.05) is 29.8 Å². The van der Waals surface area contributed by atoms with Crippen LogP contribution >= 0.6 is 0 Å². The summed E-state index contributed by atoms with van der Waals surface area (Å²) < 4.78 is 53.9. The monoisotopic (exact) mass is 441 g/mol. The van der Waals surface area contributed by atoms with E-state index in [2.05, 4.69) is 0 Å². The molecule has 158 valence electrons. The van der Waals surface area contributed by atoms with Crippen LogP contribution in [-0.2, 0) is 14.6 Å². The van der Waals surface area contributed by atoms with Crippen LogP contribution in [0.15, 0.2) is 88.4 Å². The second kappa shape index (κ2) is 7.63. The molecular formula is C23H17F2NO4S. The molecule has 5 nitrogen and oxygen atoms in total. The molecule has 0 saturated carbocycles. The number of anilines is 1. The lowest BCUT2D eigenvalue weighted by molar-refractivity contribution is -0.117. The van der Waals surface area contributed by atoms with Crippen molar-refractivity contribution in [1.29, 1.82) is 0 Å². The Kier molecular flexibility index (Phi) is 5.10. The fourth-order valence-corrected chi connectivity index (χ4v) is 5.14. The van der Waals surface area contributed by atoms with Gasteiger partial charge in [0.25, 0.3) is 5.91 Å². The molecule has 4 rings (SSSR count). The Morgan fingerprint density at radius 2 is 1.35 bits per heavy atom. The molecule has 1 aliphatic heterocycles. The second-order valence-electron chi connectivity index (χ2n) is 7.14. The summed E-state index contributed by atoms with van der Waals surface area (Å²) in [4.78, 5) is 13.4. The summed E-state index contributed by atoms with van der Waals surface area (Å²) in [5.74, 6) is -2.97. The summed E-state index contributed by atoms with van der Waals surface area (Å²) in [5, 5.41) is 10.6. The van der Waals surface area contributed by atoms with Crippen molar-refractivity contribution in [3.63, 3.8) is 0 Å². The first-order valence-electron chi connectivity index (χ1n) is 9.29. The molecule has 31 heavy (non-hydrogen) atoms. The third-order valence-electron chi connectivity index (χ3n) is 5.07. The Labute approximate surface area is 177 Å². The van der Waals surface area contributed by atoms with E-state index < -0.39 is 44.1 Å². The van der Waals surface area contributed by atoms with Crippen LogP contribution in [0.1, 0.15) is 17.2 Å². The number of nitrogens with zero attached hydrogens (tertiary/aromatic N) is 1. The Balaban J connectivity index is 1.93. The van der Waals surface area contributed by atoms with Crippen molar-refractivity contribution >= 4 is 21.4 Å². The number of benzene rings is 3. The first kappa shape index (κ1) is 20.7. The van der Waals surface area contributed by atoms with Gasteiger partial charge in [-0.2, -0.15) is 0 Å². The van der Waals surface area contributed by atoms with Gasteiger partial charge in [-0.3, -0.25) is 9.69 Å².